The number of rotatable bonds is 35. The molecule has 0 aromatic rings. The quantitative estimate of drug-likeness (QED) is 0.0391. The lowest BCUT2D eigenvalue weighted by molar-refractivity contribution is -0.150. The molecule has 2 N–H and O–H groups in total. The number of nitrogens with zero attached hydrogens (tertiary/aromatic N) is 1. The van der Waals surface area contributed by atoms with Crippen molar-refractivity contribution in [2.75, 3.05) is 20.6 Å². The summed E-state index contributed by atoms with van der Waals surface area (Å²) in [7, 11) is 4.01. The molecule has 0 aromatic carbocycles. The van der Waals surface area contributed by atoms with Gasteiger partial charge in [0.05, 0.1) is 5.41 Å². The average Bonchev–Trinajstić information content (AvgIpc) is 3.03. The van der Waals surface area contributed by atoms with E-state index >= 15 is 0 Å². The van der Waals surface area contributed by atoms with Crippen LogP contribution in [0.2, 0.25) is 0 Å². The molecule has 48 heavy (non-hydrogen) atoms. The summed E-state index contributed by atoms with van der Waals surface area (Å²) in [6.07, 6.45) is 33.8. The van der Waals surface area contributed by atoms with E-state index in [-0.39, 0.29) is 18.5 Å². The second-order valence-corrected chi connectivity index (χ2v) is 14.3. The molecule has 0 aliphatic heterocycles. The van der Waals surface area contributed by atoms with Crippen molar-refractivity contribution in [1.29, 1.82) is 0 Å². The first-order valence-electron chi connectivity index (χ1n) is 19.8. The van der Waals surface area contributed by atoms with E-state index < -0.39 is 17.4 Å². The van der Waals surface area contributed by atoms with Crippen LogP contribution in [-0.4, -0.2) is 59.8 Å². The van der Waals surface area contributed by atoms with E-state index in [4.69, 9.17) is 9.84 Å². The molecular weight excluding hydrogens is 602 g/mol. The Morgan fingerprint density at radius 2 is 1.12 bits per heavy atom. The molecule has 0 aliphatic carbocycles. The third-order valence-corrected chi connectivity index (χ3v) is 9.39. The Bertz CT molecular complexity index is 828. The Labute approximate surface area is 295 Å². The Kier molecular flexibility index (Phi) is 30.6. The first-order chi connectivity index (χ1) is 23.2. The van der Waals surface area contributed by atoms with Crippen molar-refractivity contribution in [3.05, 3.63) is 24.3 Å². The summed E-state index contributed by atoms with van der Waals surface area (Å²) in [6.45, 7) is 5.29. The van der Waals surface area contributed by atoms with Crippen LogP contribution >= 0.6 is 0 Å². The topological polar surface area (TPSA) is 104 Å². The van der Waals surface area contributed by atoms with E-state index in [1.807, 2.05) is 14.1 Å². The van der Waals surface area contributed by atoms with Gasteiger partial charge >= 0.3 is 17.9 Å². The molecular formula is C41H75NO6. The van der Waals surface area contributed by atoms with E-state index in [1.54, 1.807) is 0 Å². The van der Waals surface area contributed by atoms with Gasteiger partial charge in [-0.3, -0.25) is 14.4 Å². The molecule has 7 heteroatoms. The summed E-state index contributed by atoms with van der Waals surface area (Å²) in [5.41, 5.74) is -0.755. The lowest BCUT2D eigenvalue weighted by Crippen LogP contribution is -2.30. The summed E-state index contributed by atoms with van der Waals surface area (Å²) in [6, 6.07) is 0. The second-order valence-electron chi connectivity index (χ2n) is 14.3. The molecule has 0 rings (SSSR count). The highest BCUT2D eigenvalue weighted by Crippen LogP contribution is 2.35. The molecule has 0 aliphatic rings. The number of aliphatic carboxylic acids is 2. The largest absolute Gasteiger partial charge is 0.481 e. The number of hydrogen-bond donors (Lipinski definition) is 2. The van der Waals surface area contributed by atoms with Crippen LogP contribution < -0.4 is 0 Å². The van der Waals surface area contributed by atoms with Crippen LogP contribution in [-0.2, 0) is 19.1 Å². The number of esters is 1. The Balaban J connectivity index is 5.00. The van der Waals surface area contributed by atoms with Gasteiger partial charge in [-0.15, -0.1) is 0 Å². The Morgan fingerprint density at radius 3 is 1.62 bits per heavy atom. The van der Waals surface area contributed by atoms with Gasteiger partial charge in [-0.05, 0) is 104 Å². The molecule has 0 bridgehead atoms. The molecule has 0 saturated heterocycles. The van der Waals surface area contributed by atoms with E-state index in [9.17, 15) is 19.5 Å². The third kappa shape index (κ3) is 27.8. The zero-order chi connectivity index (χ0) is 35.7. The normalized spacial score (nSPS) is 12.8. The Morgan fingerprint density at radius 1 is 0.625 bits per heavy atom. The SMILES string of the molecule is CCCCCC/C=C\CC(C/C=C\CCCCCC)(CCCCCCC(CCCCCCCC(=O)O)OC(=O)CCCN(C)C)C(=O)O. The van der Waals surface area contributed by atoms with Crippen molar-refractivity contribution in [1.82, 2.24) is 4.90 Å². The number of carboxylic acid groups (broad SMARTS) is 2. The van der Waals surface area contributed by atoms with Gasteiger partial charge in [0, 0.05) is 12.8 Å². The number of ether oxygens (including phenoxy) is 1. The number of hydrogen-bond acceptors (Lipinski definition) is 5. The molecule has 7 nitrogen and oxygen atoms in total. The molecule has 0 radical (unpaired) electrons. The molecule has 280 valence electrons. The fourth-order valence-corrected chi connectivity index (χ4v) is 6.21. The van der Waals surface area contributed by atoms with Gasteiger partial charge in [0.15, 0.2) is 0 Å². The van der Waals surface area contributed by atoms with Crippen LogP contribution in [0.5, 0.6) is 0 Å². The molecule has 0 aromatic heterocycles. The van der Waals surface area contributed by atoms with Crippen LogP contribution in [0.15, 0.2) is 24.3 Å². The van der Waals surface area contributed by atoms with Gasteiger partial charge in [-0.25, -0.2) is 0 Å². The van der Waals surface area contributed by atoms with Crippen molar-refractivity contribution < 1.29 is 29.3 Å². The highest BCUT2D eigenvalue weighted by atomic mass is 16.5. The maximum Gasteiger partial charge on any atom is 0.310 e. The smallest absolute Gasteiger partial charge is 0.310 e. The summed E-state index contributed by atoms with van der Waals surface area (Å²) in [5, 5.41) is 19.3. The van der Waals surface area contributed by atoms with Crippen LogP contribution in [0.3, 0.4) is 0 Å². The molecule has 0 saturated carbocycles. The predicted molar refractivity (Wildman–Crippen MR) is 200 cm³/mol. The highest BCUT2D eigenvalue weighted by Gasteiger charge is 2.35. The minimum atomic E-state index is -0.755. The van der Waals surface area contributed by atoms with Crippen LogP contribution in [0.4, 0.5) is 0 Å². The monoisotopic (exact) mass is 678 g/mol. The van der Waals surface area contributed by atoms with Crippen molar-refractivity contribution in [2.45, 2.75) is 193 Å². The zero-order valence-corrected chi connectivity index (χ0v) is 31.7. The summed E-state index contributed by atoms with van der Waals surface area (Å²) >= 11 is 0. The highest BCUT2D eigenvalue weighted by molar-refractivity contribution is 5.75. The molecule has 0 heterocycles. The Hall–Kier alpha value is -2.15. The van der Waals surface area contributed by atoms with Gasteiger partial charge in [-0.1, -0.05) is 115 Å². The van der Waals surface area contributed by atoms with Crippen LogP contribution in [0.25, 0.3) is 0 Å². The van der Waals surface area contributed by atoms with E-state index in [0.717, 1.165) is 90.0 Å². The molecule has 1 unspecified atom stereocenters. The maximum atomic E-state index is 12.7. The number of allylic oxidation sites excluding steroid dienone is 4. The molecule has 1 atom stereocenters. The lowest BCUT2D eigenvalue weighted by atomic mass is 9.76. The number of unbranched alkanes of at least 4 members (excludes halogenated alkanes) is 15. The minimum absolute atomic E-state index is 0.0843. The molecule has 0 fully saturated rings. The molecule has 0 spiro atoms. The first kappa shape index (κ1) is 45.9. The fourth-order valence-electron chi connectivity index (χ4n) is 6.21. The standard InChI is InChI=1S/C41H75NO6/c1-5-7-9-11-13-19-25-33-41(40(46)47,34-26-20-14-12-10-8-6-2)35-27-21-18-23-30-37(48-39(45)32-28-36-42(3)4)29-22-16-15-17-24-31-38(43)44/h19-20,25-26,37H,5-18,21-24,27-36H2,1-4H3,(H,43,44)(H,46,47)/b25-19-,26-20-. The van der Waals surface area contributed by atoms with Crippen LogP contribution in [0.1, 0.15) is 187 Å². The van der Waals surface area contributed by atoms with E-state index in [1.165, 1.54) is 51.4 Å². The third-order valence-electron chi connectivity index (χ3n) is 9.39. The van der Waals surface area contributed by atoms with Gasteiger partial charge in [0.2, 0.25) is 0 Å². The van der Waals surface area contributed by atoms with E-state index in [0.29, 0.717) is 32.1 Å². The zero-order valence-electron chi connectivity index (χ0n) is 31.7. The summed E-state index contributed by atoms with van der Waals surface area (Å²) in [5.74, 6) is -1.54. The summed E-state index contributed by atoms with van der Waals surface area (Å²) in [4.78, 5) is 38.1. The van der Waals surface area contributed by atoms with Crippen molar-refractivity contribution >= 4 is 17.9 Å². The first-order valence-corrected chi connectivity index (χ1v) is 19.8. The average molecular weight is 678 g/mol. The van der Waals surface area contributed by atoms with E-state index in [2.05, 4.69) is 43.1 Å². The van der Waals surface area contributed by atoms with Gasteiger partial charge in [0.1, 0.15) is 6.10 Å². The fraction of sp³-hybridized carbons (Fsp3) is 0.829. The number of carboxylic acids is 2. The maximum absolute atomic E-state index is 12.7. The molecule has 0 amide bonds. The van der Waals surface area contributed by atoms with Crippen molar-refractivity contribution in [2.24, 2.45) is 5.41 Å². The van der Waals surface area contributed by atoms with Crippen molar-refractivity contribution in [3.63, 3.8) is 0 Å². The van der Waals surface area contributed by atoms with Gasteiger partial charge in [-0.2, -0.15) is 0 Å². The number of carbonyl (C=O) groups is 3. The minimum Gasteiger partial charge on any atom is -0.481 e. The second kappa shape index (κ2) is 32.1. The summed E-state index contributed by atoms with van der Waals surface area (Å²) < 4.78 is 5.93. The number of carbonyl (C=O) groups excluding carboxylic acids is 1. The van der Waals surface area contributed by atoms with Gasteiger partial charge in [0.25, 0.3) is 0 Å². The van der Waals surface area contributed by atoms with Crippen molar-refractivity contribution in [3.8, 4) is 0 Å². The van der Waals surface area contributed by atoms with Crippen LogP contribution in [0, 0.1) is 5.41 Å². The van der Waals surface area contributed by atoms with Gasteiger partial charge < -0.3 is 19.8 Å². The lowest BCUT2D eigenvalue weighted by Gasteiger charge is -2.27. The predicted octanol–water partition coefficient (Wildman–Crippen LogP) is 11.3.